The molecule has 0 aliphatic heterocycles. The molecule has 3 unspecified atom stereocenters. The van der Waals surface area contributed by atoms with E-state index in [1.807, 2.05) is 6.07 Å². The lowest BCUT2D eigenvalue weighted by Crippen LogP contribution is -2.46. The highest BCUT2D eigenvalue weighted by Gasteiger charge is 2.36. The Bertz CT molecular complexity index is 439. The van der Waals surface area contributed by atoms with Gasteiger partial charge in [0.1, 0.15) is 0 Å². The first-order valence-electron chi connectivity index (χ1n) is 7.65. The lowest BCUT2D eigenvalue weighted by Gasteiger charge is -2.39. The highest BCUT2D eigenvalue weighted by atomic mass is 35.5. The van der Waals surface area contributed by atoms with Crippen LogP contribution < -0.4 is 5.32 Å². The summed E-state index contributed by atoms with van der Waals surface area (Å²) in [5.41, 5.74) is 1.42. The molecule has 1 N–H and O–H groups in total. The topological polar surface area (TPSA) is 12.0 Å². The van der Waals surface area contributed by atoms with Crippen molar-refractivity contribution in [3.63, 3.8) is 0 Å². The molecule has 0 aromatic heterocycles. The van der Waals surface area contributed by atoms with Crippen molar-refractivity contribution in [2.24, 2.45) is 11.8 Å². The van der Waals surface area contributed by atoms with Crippen molar-refractivity contribution in [2.75, 3.05) is 0 Å². The normalized spacial score (nSPS) is 38.2. The van der Waals surface area contributed by atoms with Gasteiger partial charge in [-0.15, -0.1) is 0 Å². The van der Waals surface area contributed by atoms with E-state index in [1.54, 1.807) is 0 Å². The van der Waals surface area contributed by atoms with E-state index in [1.165, 1.54) is 31.2 Å². The minimum absolute atomic E-state index is 0.713. The van der Waals surface area contributed by atoms with Gasteiger partial charge in [0, 0.05) is 17.1 Å². The Morgan fingerprint density at radius 1 is 1.16 bits per heavy atom. The van der Waals surface area contributed by atoms with Gasteiger partial charge in [0.05, 0.1) is 0 Å². The van der Waals surface area contributed by atoms with Gasteiger partial charge >= 0.3 is 0 Å². The molecule has 104 valence electrons. The SMILES string of the molecule is CC1CCC(NC2CC(c3cccc(Cl)c3)C2)C1C. The number of nitrogens with one attached hydrogen (secondary N) is 1. The maximum absolute atomic E-state index is 6.06. The number of hydrogen-bond donors (Lipinski definition) is 1. The third kappa shape index (κ3) is 2.83. The summed E-state index contributed by atoms with van der Waals surface area (Å²) in [6, 6.07) is 9.85. The van der Waals surface area contributed by atoms with E-state index < -0.39 is 0 Å². The average molecular weight is 278 g/mol. The summed E-state index contributed by atoms with van der Waals surface area (Å²) in [5.74, 6) is 2.44. The standard InChI is InChI=1S/C17H24ClN/c1-11-6-7-17(12(11)2)19-16-9-14(10-16)13-4-3-5-15(18)8-13/h3-5,8,11-12,14,16-17,19H,6-7,9-10H2,1-2H3. The van der Waals surface area contributed by atoms with E-state index in [-0.39, 0.29) is 0 Å². The summed E-state index contributed by atoms with van der Waals surface area (Å²) in [6.45, 7) is 4.80. The van der Waals surface area contributed by atoms with Gasteiger partial charge in [-0.1, -0.05) is 37.6 Å². The van der Waals surface area contributed by atoms with Crippen molar-refractivity contribution >= 4 is 11.6 Å². The molecule has 3 atom stereocenters. The molecular formula is C17H24ClN. The van der Waals surface area contributed by atoms with Crippen molar-refractivity contribution in [2.45, 2.75) is 57.5 Å². The molecule has 0 radical (unpaired) electrons. The molecule has 2 aliphatic rings. The first-order valence-corrected chi connectivity index (χ1v) is 8.03. The third-order valence-corrected chi connectivity index (χ3v) is 5.61. The number of halogens is 1. The second kappa shape index (κ2) is 5.46. The average Bonchev–Trinajstić information content (AvgIpc) is 2.64. The van der Waals surface area contributed by atoms with Crippen LogP contribution in [0.4, 0.5) is 0 Å². The van der Waals surface area contributed by atoms with Gasteiger partial charge in [-0.3, -0.25) is 0 Å². The molecule has 2 saturated carbocycles. The molecule has 0 spiro atoms. The Kier molecular flexibility index (Phi) is 3.86. The molecule has 2 aliphatic carbocycles. The monoisotopic (exact) mass is 277 g/mol. The fourth-order valence-corrected chi connectivity index (χ4v) is 3.89. The fourth-order valence-electron chi connectivity index (χ4n) is 3.69. The van der Waals surface area contributed by atoms with Gasteiger partial charge in [-0.2, -0.15) is 0 Å². The molecule has 2 fully saturated rings. The smallest absolute Gasteiger partial charge is 0.0408 e. The Labute approximate surface area is 121 Å². The van der Waals surface area contributed by atoms with Crippen LogP contribution in [0.5, 0.6) is 0 Å². The van der Waals surface area contributed by atoms with Crippen molar-refractivity contribution in [3.8, 4) is 0 Å². The van der Waals surface area contributed by atoms with Crippen LogP contribution >= 0.6 is 11.6 Å². The molecule has 19 heavy (non-hydrogen) atoms. The van der Waals surface area contributed by atoms with Crippen LogP contribution in [0, 0.1) is 11.8 Å². The van der Waals surface area contributed by atoms with Crippen LogP contribution in [0.1, 0.15) is 51.0 Å². The summed E-state index contributed by atoms with van der Waals surface area (Å²) >= 11 is 6.06. The lowest BCUT2D eigenvalue weighted by molar-refractivity contribution is 0.239. The molecule has 3 rings (SSSR count). The zero-order valence-electron chi connectivity index (χ0n) is 11.9. The summed E-state index contributed by atoms with van der Waals surface area (Å²) < 4.78 is 0. The zero-order valence-corrected chi connectivity index (χ0v) is 12.7. The number of rotatable bonds is 3. The summed E-state index contributed by atoms with van der Waals surface area (Å²) in [5, 5.41) is 4.74. The van der Waals surface area contributed by atoms with Crippen molar-refractivity contribution in [1.82, 2.24) is 5.32 Å². The van der Waals surface area contributed by atoms with E-state index in [0.717, 1.165) is 28.9 Å². The molecule has 0 bridgehead atoms. The van der Waals surface area contributed by atoms with E-state index in [0.29, 0.717) is 5.92 Å². The molecular weight excluding hydrogens is 254 g/mol. The summed E-state index contributed by atoms with van der Waals surface area (Å²) in [7, 11) is 0. The van der Waals surface area contributed by atoms with E-state index in [9.17, 15) is 0 Å². The van der Waals surface area contributed by atoms with Crippen LogP contribution in [0.25, 0.3) is 0 Å². The summed E-state index contributed by atoms with van der Waals surface area (Å²) in [6.07, 6.45) is 5.31. The largest absolute Gasteiger partial charge is 0.311 e. The van der Waals surface area contributed by atoms with Crippen LogP contribution in [-0.4, -0.2) is 12.1 Å². The van der Waals surface area contributed by atoms with Crippen LogP contribution in [0.3, 0.4) is 0 Å². The fraction of sp³-hybridized carbons (Fsp3) is 0.647. The summed E-state index contributed by atoms with van der Waals surface area (Å²) in [4.78, 5) is 0. The Balaban J connectivity index is 1.51. The number of hydrogen-bond acceptors (Lipinski definition) is 1. The molecule has 2 heteroatoms. The van der Waals surface area contributed by atoms with Crippen LogP contribution in [0.2, 0.25) is 5.02 Å². The van der Waals surface area contributed by atoms with Gasteiger partial charge in [0.15, 0.2) is 0 Å². The minimum atomic E-state index is 0.713. The first-order chi connectivity index (χ1) is 9.13. The van der Waals surface area contributed by atoms with Gasteiger partial charge in [-0.25, -0.2) is 0 Å². The van der Waals surface area contributed by atoms with Crippen molar-refractivity contribution in [1.29, 1.82) is 0 Å². The van der Waals surface area contributed by atoms with Crippen molar-refractivity contribution < 1.29 is 0 Å². The van der Waals surface area contributed by atoms with Gasteiger partial charge in [-0.05, 0) is 61.1 Å². The van der Waals surface area contributed by atoms with Gasteiger partial charge in [0.25, 0.3) is 0 Å². The Morgan fingerprint density at radius 3 is 2.58 bits per heavy atom. The van der Waals surface area contributed by atoms with E-state index in [2.05, 4.69) is 37.4 Å². The van der Waals surface area contributed by atoms with Gasteiger partial charge in [0.2, 0.25) is 0 Å². The molecule has 1 nitrogen and oxygen atoms in total. The van der Waals surface area contributed by atoms with E-state index in [4.69, 9.17) is 11.6 Å². The Morgan fingerprint density at radius 2 is 1.95 bits per heavy atom. The first kappa shape index (κ1) is 13.5. The molecule has 0 heterocycles. The van der Waals surface area contributed by atoms with E-state index >= 15 is 0 Å². The second-order valence-corrected chi connectivity index (χ2v) is 7.04. The maximum atomic E-state index is 6.06. The quantitative estimate of drug-likeness (QED) is 0.851. The van der Waals surface area contributed by atoms with Crippen LogP contribution in [-0.2, 0) is 0 Å². The molecule has 0 saturated heterocycles. The maximum Gasteiger partial charge on any atom is 0.0408 e. The molecule has 0 amide bonds. The predicted octanol–water partition coefficient (Wildman–Crippen LogP) is 4.61. The highest BCUT2D eigenvalue weighted by molar-refractivity contribution is 6.30. The number of benzene rings is 1. The Hall–Kier alpha value is -0.530. The van der Waals surface area contributed by atoms with Crippen molar-refractivity contribution in [3.05, 3.63) is 34.9 Å². The second-order valence-electron chi connectivity index (χ2n) is 6.61. The van der Waals surface area contributed by atoms with Crippen LogP contribution in [0.15, 0.2) is 24.3 Å². The third-order valence-electron chi connectivity index (χ3n) is 5.37. The van der Waals surface area contributed by atoms with Gasteiger partial charge < -0.3 is 5.32 Å². The zero-order chi connectivity index (χ0) is 13.4. The molecule has 1 aromatic rings. The lowest BCUT2D eigenvalue weighted by atomic mass is 9.75. The highest BCUT2D eigenvalue weighted by Crippen LogP contribution is 2.39. The predicted molar refractivity (Wildman–Crippen MR) is 81.7 cm³/mol. The minimum Gasteiger partial charge on any atom is -0.311 e. The molecule has 1 aromatic carbocycles.